The highest BCUT2D eigenvalue weighted by Gasteiger charge is 2.10. The van der Waals surface area contributed by atoms with E-state index in [0.717, 1.165) is 11.1 Å². The first-order valence-electron chi connectivity index (χ1n) is 11.1. The number of carbonyl (C=O) groups is 2. The van der Waals surface area contributed by atoms with Crippen LogP contribution >= 0.6 is 0 Å². The Labute approximate surface area is 204 Å². The van der Waals surface area contributed by atoms with Crippen LogP contribution in [0.25, 0.3) is 22.3 Å². The predicted octanol–water partition coefficient (Wildman–Crippen LogP) is 6.53. The van der Waals surface area contributed by atoms with Crippen LogP contribution in [0.15, 0.2) is 91.0 Å². The molecule has 0 saturated carbocycles. The van der Waals surface area contributed by atoms with Crippen molar-refractivity contribution in [3.8, 4) is 33.8 Å². The largest absolute Gasteiger partial charge is 0.493 e. The summed E-state index contributed by atoms with van der Waals surface area (Å²) in [6, 6.07) is 19.0. The molecular weight excluding hydrogens is 447 g/mol. The Hall–Kier alpha value is -4.19. The summed E-state index contributed by atoms with van der Waals surface area (Å²) in [4.78, 5) is 23.0. The summed E-state index contributed by atoms with van der Waals surface area (Å²) < 4.78 is 30.8. The van der Waals surface area contributed by atoms with Crippen LogP contribution in [-0.4, -0.2) is 25.2 Å². The zero-order valence-corrected chi connectivity index (χ0v) is 19.8. The molecule has 0 heterocycles. The standard InChI is InChI=1S/C29H27FO5/c1-19(2)28(31)34-17-5-16-33-24-11-8-22(9-12-24)26-15-10-23(18-27(26)30)21-6-13-25(14-7-21)35-29(32)20(3)4/h6-15,18H,1,3,5,16-17H2,2,4H3. The topological polar surface area (TPSA) is 61.8 Å². The van der Waals surface area contributed by atoms with E-state index >= 15 is 0 Å². The fourth-order valence-corrected chi connectivity index (χ4v) is 3.11. The molecule has 0 amide bonds. The van der Waals surface area contributed by atoms with Gasteiger partial charge >= 0.3 is 11.9 Å². The fourth-order valence-electron chi connectivity index (χ4n) is 3.11. The van der Waals surface area contributed by atoms with E-state index in [1.54, 1.807) is 68.4 Å². The van der Waals surface area contributed by atoms with E-state index in [9.17, 15) is 14.0 Å². The first-order chi connectivity index (χ1) is 16.7. The summed E-state index contributed by atoms with van der Waals surface area (Å²) in [6.45, 7) is 10.9. The molecule has 0 N–H and O–H groups in total. The lowest BCUT2D eigenvalue weighted by Crippen LogP contribution is -2.09. The molecule has 0 spiro atoms. The van der Waals surface area contributed by atoms with Gasteiger partial charge in [0.1, 0.15) is 17.3 Å². The summed E-state index contributed by atoms with van der Waals surface area (Å²) in [5.74, 6) is -0.219. The monoisotopic (exact) mass is 474 g/mol. The highest BCUT2D eigenvalue weighted by Crippen LogP contribution is 2.30. The Morgan fingerprint density at radius 1 is 0.743 bits per heavy atom. The average molecular weight is 475 g/mol. The lowest BCUT2D eigenvalue weighted by molar-refractivity contribution is -0.139. The third kappa shape index (κ3) is 7.14. The van der Waals surface area contributed by atoms with E-state index < -0.39 is 11.9 Å². The smallest absolute Gasteiger partial charge is 0.338 e. The first kappa shape index (κ1) is 25.4. The molecule has 5 nitrogen and oxygen atoms in total. The Morgan fingerprint density at radius 3 is 1.91 bits per heavy atom. The van der Waals surface area contributed by atoms with Crippen LogP contribution in [0, 0.1) is 5.82 Å². The first-order valence-corrected chi connectivity index (χ1v) is 11.1. The summed E-state index contributed by atoms with van der Waals surface area (Å²) in [5, 5.41) is 0. The molecule has 0 atom stereocenters. The maximum atomic E-state index is 14.9. The Balaban J connectivity index is 1.59. The average Bonchev–Trinajstić information content (AvgIpc) is 2.84. The van der Waals surface area contributed by atoms with Crippen LogP contribution in [0.2, 0.25) is 0 Å². The van der Waals surface area contributed by atoms with Crippen molar-refractivity contribution in [1.29, 1.82) is 0 Å². The van der Waals surface area contributed by atoms with Crippen molar-refractivity contribution >= 4 is 11.9 Å². The number of hydrogen-bond acceptors (Lipinski definition) is 5. The van der Waals surface area contributed by atoms with Gasteiger partial charge in [-0.2, -0.15) is 0 Å². The number of halogens is 1. The van der Waals surface area contributed by atoms with Gasteiger partial charge in [-0.25, -0.2) is 14.0 Å². The van der Waals surface area contributed by atoms with E-state index in [4.69, 9.17) is 14.2 Å². The van der Waals surface area contributed by atoms with Gasteiger partial charge in [0, 0.05) is 23.1 Å². The van der Waals surface area contributed by atoms with Crippen molar-refractivity contribution in [2.24, 2.45) is 0 Å². The second-order valence-corrected chi connectivity index (χ2v) is 8.03. The van der Waals surface area contributed by atoms with Crippen molar-refractivity contribution in [1.82, 2.24) is 0 Å². The molecule has 0 fully saturated rings. The van der Waals surface area contributed by atoms with E-state index in [-0.39, 0.29) is 12.4 Å². The summed E-state index contributed by atoms with van der Waals surface area (Å²) >= 11 is 0. The van der Waals surface area contributed by atoms with Gasteiger partial charge in [0.25, 0.3) is 0 Å². The summed E-state index contributed by atoms with van der Waals surface area (Å²) in [7, 11) is 0. The number of benzene rings is 3. The van der Waals surface area contributed by atoms with Crippen molar-refractivity contribution < 1.29 is 28.2 Å². The third-order valence-electron chi connectivity index (χ3n) is 5.02. The number of esters is 2. The number of rotatable bonds is 10. The molecule has 0 aliphatic heterocycles. The molecule has 0 aromatic heterocycles. The second kappa shape index (κ2) is 11.8. The zero-order chi connectivity index (χ0) is 25.4. The molecule has 0 aliphatic rings. The van der Waals surface area contributed by atoms with E-state index in [0.29, 0.717) is 46.8 Å². The minimum atomic E-state index is -0.492. The minimum absolute atomic E-state index is 0.254. The van der Waals surface area contributed by atoms with Gasteiger partial charge < -0.3 is 14.2 Å². The molecule has 3 aromatic carbocycles. The van der Waals surface area contributed by atoms with Crippen LogP contribution in [0.4, 0.5) is 4.39 Å². The Morgan fingerprint density at radius 2 is 1.31 bits per heavy atom. The zero-order valence-electron chi connectivity index (χ0n) is 19.8. The van der Waals surface area contributed by atoms with Crippen LogP contribution < -0.4 is 9.47 Å². The van der Waals surface area contributed by atoms with Gasteiger partial charge in [0.15, 0.2) is 0 Å². The van der Waals surface area contributed by atoms with Gasteiger partial charge in [0.05, 0.1) is 13.2 Å². The summed E-state index contributed by atoms with van der Waals surface area (Å²) in [5.41, 5.74) is 3.37. The van der Waals surface area contributed by atoms with Crippen molar-refractivity contribution in [3.63, 3.8) is 0 Å². The Kier molecular flexibility index (Phi) is 8.57. The normalized spacial score (nSPS) is 10.4. The van der Waals surface area contributed by atoms with E-state index in [1.807, 2.05) is 6.07 Å². The van der Waals surface area contributed by atoms with E-state index in [2.05, 4.69) is 13.2 Å². The quantitative estimate of drug-likeness (QED) is 0.145. The molecule has 0 bridgehead atoms. The Bertz CT molecular complexity index is 1230. The van der Waals surface area contributed by atoms with Crippen LogP contribution in [-0.2, 0) is 14.3 Å². The van der Waals surface area contributed by atoms with Crippen LogP contribution in [0.1, 0.15) is 20.3 Å². The molecule has 0 saturated heterocycles. The molecule has 0 unspecified atom stereocenters. The number of hydrogen-bond donors (Lipinski definition) is 0. The second-order valence-electron chi connectivity index (χ2n) is 8.03. The molecule has 35 heavy (non-hydrogen) atoms. The SMILES string of the molecule is C=C(C)C(=O)OCCCOc1ccc(-c2ccc(-c3ccc(OC(=O)C(=C)C)cc3)cc2F)cc1. The van der Waals surface area contributed by atoms with E-state index in [1.165, 1.54) is 6.07 Å². The van der Waals surface area contributed by atoms with Gasteiger partial charge in [-0.05, 0) is 60.9 Å². The molecule has 0 aliphatic carbocycles. The fraction of sp³-hybridized carbons (Fsp3) is 0.172. The van der Waals surface area contributed by atoms with Crippen molar-refractivity contribution in [3.05, 3.63) is 96.9 Å². The highest BCUT2D eigenvalue weighted by atomic mass is 19.1. The van der Waals surface area contributed by atoms with Crippen LogP contribution in [0.3, 0.4) is 0 Å². The predicted molar refractivity (Wildman–Crippen MR) is 134 cm³/mol. The van der Waals surface area contributed by atoms with Crippen molar-refractivity contribution in [2.45, 2.75) is 20.3 Å². The lowest BCUT2D eigenvalue weighted by atomic mass is 9.99. The maximum Gasteiger partial charge on any atom is 0.338 e. The maximum absolute atomic E-state index is 14.9. The summed E-state index contributed by atoms with van der Waals surface area (Å²) in [6.07, 6.45) is 0.550. The third-order valence-corrected chi connectivity index (χ3v) is 5.02. The molecular formula is C29H27FO5. The molecule has 3 rings (SSSR count). The van der Waals surface area contributed by atoms with Crippen LogP contribution in [0.5, 0.6) is 11.5 Å². The number of carbonyl (C=O) groups excluding carboxylic acids is 2. The number of ether oxygens (including phenoxy) is 3. The molecule has 6 heteroatoms. The minimum Gasteiger partial charge on any atom is -0.493 e. The van der Waals surface area contributed by atoms with Gasteiger partial charge in [0.2, 0.25) is 0 Å². The van der Waals surface area contributed by atoms with Gasteiger partial charge in [-0.15, -0.1) is 0 Å². The lowest BCUT2D eigenvalue weighted by Gasteiger charge is -2.10. The van der Waals surface area contributed by atoms with Gasteiger partial charge in [-0.3, -0.25) is 0 Å². The van der Waals surface area contributed by atoms with Crippen molar-refractivity contribution in [2.75, 3.05) is 13.2 Å². The van der Waals surface area contributed by atoms with Gasteiger partial charge in [-0.1, -0.05) is 49.6 Å². The molecule has 3 aromatic rings. The molecule has 180 valence electrons. The highest BCUT2D eigenvalue weighted by molar-refractivity contribution is 5.89. The molecule has 0 radical (unpaired) electrons.